The van der Waals surface area contributed by atoms with Crippen LogP contribution in [-0.4, -0.2) is 26.6 Å². The fourth-order valence-electron chi connectivity index (χ4n) is 3.39. The quantitative estimate of drug-likeness (QED) is 0.600. The first-order valence-corrected chi connectivity index (χ1v) is 9.85. The molecule has 2 aromatic carbocycles. The number of benzene rings is 2. The van der Waals surface area contributed by atoms with E-state index in [1.807, 2.05) is 43.1 Å². The number of nitrogens with zero attached hydrogens (tertiary/aromatic N) is 3. The van der Waals surface area contributed by atoms with Crippen LogP contribution in [0.4, 0.5) is 0 Å². The first kappa shape index (κ1) is 19.9. The molecule has 3 aromatic rings. The summed E-state index contributed by atoms with van der Waals surface area (Å²) in [6.45, 7) is 6.79. The maximum absolute atomic E-state index is 13.3. The molecule has 0 N–H and O–H groups in total. The molecule has 0 saturated carbocycles. The van der Waals surface area contributed by atoms with Gasteiger partial charge in [0, 0.05) is 25.3 Å². The van der Waals surface area contributed by atoms with Crippen LogP contribution in [0.3, 0.4) is 0 Å². The number of aryl methyl sites for hydroxylation is 4. The van der Waals surface area contributed by atoms with Gasteiger partial charge in [-0.3, -0.25) is 9.48 Å². The molecule has 0 spiro atoms. The van der Waals surface area contributed by atoms with E-state index in [0.29, 0.717) is 12.2 Å². The van der Waals surface area contributed by atoms with E-state index in [1.54, 1.807) is 4.68 Å². The Hall–Kier alpha value is -2.88. The van der Waals surface area contributed by atoms with Gasteiger partial charge < -0.3 is 4.90 Å². The van der Waals surface area contributed by atoms with Crippen LogP contribution in [0.15, 0.2) is 60.7 Å². The van der Waals surface area contributed by atoms with Crippen LogP contribution in [0.2, 0.25) is 0 Å². The molecule has 1 aromatic heterocycles. The van der Waals surface area contributed by atoms with Crippen LogP contribution in [0.5, 0.6) is 0 Å². The Morgan fingerprint density at radius 1 is 1.07 bits per heavy atom. The number of hydrogen-bond acceptors (Lipinski definition) is 2. The molecule has 0 fully saturated rings. The summed E-state index contributed by atoms with van der Waals surface area (Å²) < 4.78 is 1.76. The van der Waals surface area contributed by atoms with E-state index >= 15 is 0 Å². The van der Waals surface area contributed by atoms with Crippen molar-refractivity contribution in [2.45, 2.75) is 46.2 Å². The molecule has 0 radical (unpaired) electrons. The van der Waals surface area contributed by atoms with Gasteiger partial charge in [0.15, 0.2) is 5.69 Å². The highest BCUT2D eigenvalue weighted by atomic mass is 16.2. The normalized spacial score (nSPS) is 12.0. The number of carbonyl (C=O) groups excluding carboxylic acids is 1. The van der Waals surface area contributed by atoms with E-state index in [-0.39, 0.29) is 11.9 Å². The van der Waals surface area contributed by atoms with E-state index in [2.05, 4.69) is 55.3 Å². The maximum Gasteiger partial charge on any atom is 0.274 e. The van der Waals surface area contributed by atoms with E-state index in [0.717, 1.165) is 18.5 Å². The summed E-state index contributed by atoms with van der Waals surface area (Å²) in [5.41, 5.74) is 5.17. The summed E-state index contributed by atoms with van der Waals surface area (Å²) in [7, 11) is 1.87. The molecule has 146 valence electrons. The van der Waals surface area contributed by atoms with Crippen LogP contribution in [0, 0.1) is 13.8 Å². The predicted octanol–water partition coefficient (Wildman–Crippen LogP) is 4.70. The summed E-state index contributed by atoms with van der Waals surface area (Å²) >= 11 is 0. The molecule has 1 heterocycles. The van der Waals surface area contributed by atoms with Gasteiger partial charge in [-0.2, -0.15) is 5.10 Å². The zero-order valence-corrected chi connectivity index (χ0v) is 17.2. The van der Waals surface area contributed by atoms with Crippen molar-refractivity contribution in [3.05, 3.63) is 88.7 Å². The number of amides is 1. The fourth-order valence-corrected chi connectivity index (χ4v) is 3.39. The lowest BCUT2D eigenvalue weighted by Gasteiger charge is -2.29. The Kier molecular flexibility index (Phi) is 6.30. The molecule has 0 bridgehead atoms. The highest BCUT2D eigenvalue weighted by molar-refractivity contribution is 5.92. The highest BCUT2D eigenvalue weighted by Crippen LogP contribution is 2.19. The number of carbonyl (C=O) groups is 1. The predicted molar refractivity (Wildman–Crippen MR) is 113 cm³/mol. The summed E-state index contributed by atoms with van der Waals surface area (Å²) in [5, 5.41) is 4.42. The van der Waals surface area contributed by atoms with E-state index in [9.17, 15) is 4.79 Å². The molecular weight excluding hydrogens is 346 g/mol. The van der Waals surface area contributed by atoms with Crippen LogP contribution >= 0.6 is 0 Å². The average Bonchev–Trinajstić information content (AvgIpc) is 3.04. The Morgan fingerprint density at radius 2 is 1.75 bits per heavy atom. The molecule has 1 amide bonds. The van der Waals surface area contributed by atoms with Gasteiger partial charge in [-0.15, -0.1) is 0 Å². The lowest BCUT2D eigenvalue weighted by atomic mass is 10.0. The second-order valence-corrected chi connectivity index (χ2v) is 7.53. The first-order valence-electron chi connectivity index (χ1n) is 9.85. The number of aromatic nitrogens is 2. The zero-order valence-electron chi connectivity index (χ0n) is 17.2. The third-order valence-electron chi connectivity index (χ3n) is 5.42. The molecule has 0 unspecified atom stereocenters. The average molecular weight is 376 g/mol. The Morgan fingerprint density at radius 3 is 2.39 bits per heavy atom. The maximum atomic E-state index is 13.3. The van der Waals surface area contributed by atoms with Gasteiger partial charge in [0.1, 0.15) is 0 Å². The molecule has 28 heavy (non-hydrogen) atoms. The molecule has 4 nitrogen and oxygen atoms in total. The minimum atomic E-state index is -0.00693. The van der Waals surface area contributed by atoms with Gasteiger partial charge in [0.05, 0.1) is 0 Å². The smallest absolute Gasteiger partial charge is 0.274 e. The molecule has 4 heteroatoms. The van der Waals surface area contributed by atoms with E-state index < -0.39 is 0 Å². The summed E-state index contributed by atoms with van der Waals surface area (Å²) in [6, 6.07) is 20.7. The Balaban J connectivity index is 1.82. The van der Waals surface area contributed by atoms with Crippen LogP contribution < -0.4 is 0 Å². The highest BCUT2D eigenvalue weighted by Gasteiger charge is 2.24. The van der Waals surface area contributed by atoms with E-state index in [1.165, 1.54) is 16.7 Å². The Labute approximate surface area is 167 Å². The monoisotopic (exact) mass is 375 g/mol. The summed E-state index contributed by atoms with van der Waals surface area (Å²) in [5.74, 6) is -0.00693. The van der Waals surface area contributed by atoms with Gasteiger partial charge in [0.25, 0.3) is 5.91 Å². The van der Waals surface area contributed by atoms with Crippen molar-refractivity contribution >= 4 is 5.91 Å². The van der Waals surface area contributed by atoms with Gasteiger partial charge in [-0.25, -0.2) is 0 Å². The Bertz CT molecular complexity index is 911. The van der Waals surface area contributed by atoms with Crippen molar-refractivity contribution in [3.63, 3.8) is 0 Å². The van der Waals surface area contributed by atoms with E-state index in [4.69, 9.17) is 0 Å². The van der Waals surface area contributed by atoms with Gasteiger partial charge in [-0.05, 0) is 56.4 Å². The largest absolute Gasteiger partial charge is 0.330 e. The standard InChI is InChI=1S/C24H29N3O/c1-18-10-8-9-13-22(18)17-27(24(28)23-16-20(3)26(4)25-23)19(2)14-15-21-11-6-5-7-12-21/h5-13,16,19H,14-15,17H2,1-4H3/t19-/m0/s1. The van der Waals surface area contributed by atoms with Gasteiger partial charge in [-0.1, -0.05) is 54.6 Å². The van der Waals surface area contributed by atoms with Crippen molar-refractivity contribution < 1.29 is 4.79 Å². The third kappa shape index (κ3) is 4.69. The minimum absolute atomic E-state index is 0.00693. The van der Waals surface area contributed by atoms with Gasteiger partial charge >= 0.3 is 0 Å². The zero-order chi connectivity index (χ0) is 20.1. The second kappa shape index (κ2) is 8.87. The SMILES string of the molecule is Cc1ccccc1CN(C(=O)c1cc(C)n(C)n1)[C@@H](C)CCc1ccccc1. The first-order chi connectivity index (χ1) is 13.5. The van der Waals surface area contributed by atoms with Crippen LogP contribution in [-0.2, 0) is 20.0 Å². The number of hydrogen-bond donors (Lipinski definition) is 0. The molecule has 0 aliphatic heterocycles. The number of rotatable bonds is 7. The van der Waals surface area contributed by atoms with Crippen molar-refractivity contribution in [1.29, 1.82) is 0 Å². The summed E-state index contributed by atoms with van der Waals surface area (Å²) in [4.78, 5) is 15.3. The fraction of sp³-hybridized carbons (Fsp3) is 0.333. The lowest BCUT2D eigenvalue weighted by molar-refractivity contribution is 0.0660. The topological polar surface area (TPSA) is 38.1 Å². The van der Waals surface area contributed by atoms with Crippen molar-refractivity contribution in [1.82, 2.24) is 14.7 Å². The van der Waals surface area contributed by atoms with Crippen LogP contribution in [0.25, 0.3) is 0 Å². The molecule has 0 aliphatic carbocycles. The molecular formula is C24H29N3O. The lowest BCUT2D eigenvalue weighted by Crippen LogP contribution is -2.39. The molecule has 1 atom stereocenters. The summed E-state index contributed by atoms with van der Waals surface area (Å²) in [6.07, 6.45) is 1.86. The minimum Gasteiger partial charge on any atom is -0.330 e. The molecule has 0 saturated heterocycles. The van der Waals surface area contributed by atoms with Crippen LogP contribution in [0.1, 0.15) is 46.2 Å². The molecule has 0 aliphatic rings. The second-order valence-electron chi connectivity index (χ2n) is 7.53. The van der Waals surface area contributed by atoms with Crippen molar-refractivity contribution in [2.75, 3.05) is 0 Å². The van der Waals surface area contributed by atoms with Crippen molar-refractivity contribution in [2.24, 2.45) is 7.05 Å². The van der Waals surface area contributed by atoms with Crippen molar-refractivity contribution in [3.8, 4) is 0 Å². The van der Waals surface area contributed by atoms with Gasteiger partial charge in [0.2, 0.25) is 0 Å². The molecule has 3 rings (SSSR count). The third-order valence-corrected chi connectivity index (χ3v) is 5.42.